The van der Waals surface area contributed by atoms with Crippen LogP contribution in [0.4, 0.5) is 0 Å². The van der Waals surface area contributed by atoms with Gasteiger partial charge in [0.2, 0.25) is 5.91 Å². The number of ether oxygens (including phenoxy) is 1. The molecule has 2 aliphatic heterocycles. The summed E-state index contributed by atoms with van der Waals surface area (Å²) in [5, 5.41) is 9.06. The van der Waals surface area contributed by atoms with E-state index in [-0.39, 0.29) is 36.4 Å². The molecular formula is C20H34IN5O2S. The molecule has 1 aromatic rings. The van der Waals surface area contributed by atoms with E-state index in [0.29, 0.717) is 17.9 Å². The van der Waals surface area contributed by atoms with Gasteiger partial charge in [0.25, 0.3) is 0 Å². The maximum Gasteiger partial charge on any atom is 0.243 e. The summed E-state index contributed by atoms with van der Waals surface area (Å²) in [6.45, 7) is 5.66. The zero-order chi connectivity index (χ0) is 19.8. The fourth-order valence-corrected chi connectivity index (χ4v) is 4.45. The zero-order valence-electron chi connectivity index (χ0n) is 17.4. The number of nitrogens with one attached hydrogen (secondary N) is 2. The minimum atomic E-state index is -0.000325. The number of carbonyl (C=O) groups is 1. The molecule has 0 aromatic carbocycles. The lowest BCUT2D eigenvalue weighted by Gasteiger charge is -2.28. The van der Waals surface area contributed by atoms with E-state index in [4.69, 9.17) is 4.74 Å². The molecule has 1 amide bonds. The van der Waals surface area contributed by atoms with Gasteiger partial charge < -0.3 is 20.3 Å². The number of nitrogens with zero attached hydrogens (tertiary/aromatic N) is 3. The zero-order valence-corrected chi connectivity index (χ0v) is 20.6. The molecule has 3 heterocycles. The van der Waals surface area contributed by atoms with Gasteiger partial charge in [-0.05, 0) is 43.8 Å². The van der Waals surface area contributed by atoms with Gasteiger partial charge in [-0.15, -0.1) is 35.3 Å². The number of hydrogen-bond acceptors (Lipinski definition) is 5. The smallest absolute Gasteiger partial charge is 0.243 e. The Balaban J connectivity index is 0.00000300. The molecule has 0 saturated carbocycles. The second kappa shape index (κ2) is 12.7. The first kappa shape index (κ1) is 24.4. The van der Waals surface area contributed by atoms with Gasteiger partial charge in [-0.3, -0.25) is 9.69 Å². The Morgan fingerprint density at radius 1 is 1.38 bits per heavy atom. The van der Waals surface area contributed by atoms with Crippen molar-refractivity contribution in [1.82, 2.24) is 20.4 Å². The van der Waals surface area contributed by atoms with Crippen LogP contribution in [0.2, 0.25) is 0 Å². The van der Waals surface area contributed by atoms with Crippen LogP contribution >= 0.6 is 35.3 Å². The first-order chi connectivity index (χ1) is 13.6. The molecule has 2 aliphatic rings. The van der Waals surface area contributed by atoms with Crippen molar-refractivity contribution in [2.75, 3.05) is 60.0 Å². The standard InChI is InChI=1S/C20H33N5O2S.HI/c1-24(2)19(26)14-23-20(21-12-16-7-10-27-15-16)22-13-17(18-6-5-11-28-18)25-8-3-4-9-25;/h5-6,11,16-17H,3-4,7-10,12-15H2,1-2H3,(H2,21,22,23);1H. The van der Waals surface area contributed by atoms with E-state index < -0.39 is 0 Å². The number of likely N-dealkylation sites (N-methyl/N-ethyl adjacent to an activating group) is 1. The van der Waals surface area contributed by atoms with Crippen molar-refractivity contribution in [3.05, 3.63) is 22.4 Å². The highest BCUT2D eigenvalue weighted by atomic mass is 127. The van der Waals surface area contributed by atoms with Crippen molar-refractivity contribution >= 4 is 47.2 Å². The van der Waals surface area contributed by atoms with Crippen LogP contribution in [0.1, 0.15) is 30.2 Å². The SMILES string of the molecule is CN(C)C(=O)CN=C(NCC1CCOC1)NCC(c1cccs1)N1CCCC1.I. The Labute approximate surface area is 195 Å². The van der Waals surface area contributed by atoms with E-state index in [1.165, 1.54) is 17.7 Å². The number of aliphatic imine (C=N–C) groups is 1. The van der Waals surface area contributed by atoms with Crippen molar-refractivity contribution < 1.29 is 9.53 Å². The van der Waals surface area contributed by atoms with E-state index in [0.717, 1.165) is 45.8 Å². The molecule has 7 nitrogen and oxygen atoms in total. The minimum Gasteiger partial charge on any atom is -0.381 e. The molecule has 29 heavy (non-hydrogen) atoms. The second-order valence-corrected chi connectivity index (χ2v) is 8.70. The number of halogens is 1. The molecule has 0 aliphatic carbocycles. The summed E-state index contributed by atoms with van der Waals surface area (Å²) in [7, 11) is 3.52. The van der Waals surface area contributed by atoms with Crippen LogP contribution in [0.15, 0.2) is 22.5 Å². The number of thiophene rings is 1. The Morgan fingerprint density at radius 3 is 2.79 bits per heavy atom. The highest BCUT2D eigenvalue weighted by Gasteiger charge is 2.24. The Hall–Kier alpha value is -0.910. The summed E-state index contributed by atoms with van der Waals surface area (Å²) in [5.74, 6) is 1.21. The molecule has 164 valence electrons. The normalized spacial score (nSPS) is 20.9. The van der Waals surface area contributed by atoms with E-state index >= 15 is 0 Å². The summed E-state index contributed by atoms with van der Waals surface area (Å²) in [5.41, 5.74) is 0. The van der Waals surface area contributed by atoms with Crippen LogP contribution in [-0.2, 0) is 9.53 Å². The van der Waals surface area contributed by atoms with Crippen LogP contribution < -0.4 is 10.6 Å². The van der Waals surface area contributed by atoms with Gasteiger partial charge >= 0.3 is 0 Å². The number of hydrogen-bond donors (Lipinski definition) is 2. The van der Waals surface area contributed by atoms with Crippen LogP contribution in [0, 0.1) is 5.92 Å². The highest BCUT2D eigenvalue weighted by Crippen LogP contribution is 2.27. The van der Waals surface area contributed by atoms with E-state index in [1.54, 1.807) is 30.3 Å². The van der Waals surface area contributed by atoms with Crippen molar-refractivity contribution in [2.45, 2.75) is 25.3 Å². The third-order valence-corrected chi connectivity index (χ3v) is 6.34. The summed E-state index contributed by atoms with van der Waals surface area (Å²) in [6, 6.07) is 4.67. The number of carbonyl (C=O) groups excluding carboxylic acids is 1. The molecule has 2 saturated heterocycles. The molecule has 9 heteroatoms. The van der Waals surface area contributed by atoms with Gasteiger partial charge in [-0.2, -0.15) is 0 Å². The van der Waals surface area contributed by atoms with Gasteiger partial charge in [0.05, 0.1) is 12.6 Å². The third kappa shape index (κ3) is 7.69. The van der Waals surface area contributed by atoms with E-state index in [2.05, 4.69) is 38.0 Å². The highest BCUT2D eigenvalue weighted by molar-refractivity contribution is 14.0. The molecule has 2 N–H and O–H groups in total. The quantitative estimate of drug-likeness (QED) is 0.304. The number of rotatable bonds is 8. The summed E-state index contributed by atoms with van der Waals surface area (Å²) in [6.07, 6.45) is 3.60. The average Bonchev–Trinajstić information content (AvgIpc) is 3.46. The van der Waals surface area contributed by atoms with Crippen LogP contribution in [0.25, 0.3) is 0 Å². The number of amides is 1. The maximum absolute atomic E-state index is 12.0. The van der Waals surface area contributed by atoms with Crippen LogP contribution in [0.5, 0.6) is 0 Å². The van der Waals surface area contributed by atoms with Gasteiger partial charge in [-0.1, -0.05) is 6.07 Å². The lowest BCUT2D eigenvalue weighted by atomic mass is 10.1. The Kier molecular flexibility index (Phi) is 10.7. The lowest BCUT2D eigenvalue weighted by Crippen LogP contribution is -2.44. The average molecular weight is 535 g/mol. The topological polar surface area (TPSA) is 69.2 Å². The summed E-state index contributed by atoms with van der Waals surface area (Å²) >= 11 is 1.81. The molecule has 0 spiro atoms. The number of likely N-dealkylation sites (tertiary alicyclic amines) is 1. The fraction of sp³-hybridized carbons (Fsp3) is 0.700. The molecule has 1 aromatic heterocycles. The first-order valence-electron chi connectivity index (χ1n) is 10.2. The van der Waals surface area contributed by atoms with Gasteiger partial charge in [0.1, 0.15) is 6.54 Å². The van der Waals surface area contributed by atoms with Crippen molar-refractivity contribution in [1.29, 1.82) is 0 Å². The second-order valence-electron chi connectivity index (χ2n) is 7.72. The van der Waals surface area contributed by atoms with Crippen molar-refractivity contribution in [3.8, 4) is 0 Å². The number of guanidine groups is 1. The first-order valence-corrected chi connectivity index (χ1v) is 11.1. The molecule has 3 rings (SSSR count). The summed E-state index contributed by atoms with van der Waals surface area (Å²) in [4.78, 5) is 22.0. The predicted octanol–water partition coefficient (Wildman–Crippen LogP) is 2.16. The monoisotopic (exact) mass is 535 g/mol. The molecule has 0 bridgehead atoms. The largest absolute Gasteiger partial charge is 0.381 e. The van der Waals surface area contributed by atoms with Gasteiger partial charge in [0.15, 0.2) is 5.96 Å². The van der Waals surface area contributed by atoms with Gasteiger partial charge in [0, 0.05) is 44.6 Å². The van der Waals surface area contributed by atoms with Gasteiger partial charge in [-0.25, -0.2) is 4.99 Å². The molecular weight excluding hydrogens is 501 g/mol. The molecule has 2 fully saturated rings. The molecule has 2 atom stereocenters. The Bertz CT molecular complexity index is 629. The van der Waals surface area contributed by atoms with Crippen molar-refractivity contribution in [3.63, 3.8) is 0 Å². The predicted molar refractivity (Wildman–Crippen MR) is 129 cm³/mol. The lowest BCUT2D eigenvalue weighted by molar-refractivity contribution is -0.127. The minimum absolute atomic E-state index is 0. The van der Waals surface area contributed by atoms with Crippen molar-refractivity contribution in [2.24, 2.45) is 10.9 Å². The van der Waals surface area contributed by atoms with E-state index in [1.807, 2.05) is 0 Å². The van der Waals surface area contributed by atoms with Crippen LogP contribution in [-0.4, -0.2) is 81.7 Å². The molecule has 2 unspecified atom stereocenters. The summed E-state index contributed by atoms with van der Waals surface area (Å²) < 4.78 is 5.47. The third-order valence-electron chi connectivity index (χ3n) is 5.37. The van der Waals surface area contributed by atoms with E-state index in [9.17, 15) is 4.79 Å². The Morgan fingerprint density at radius 2 is 2.17 bits per heavy atom. The van der Waals surface area contributed by atoms with Crippen LogP contribution in [0.3, 0.4) is 0 Å². The maximum atomic E-state index is 12.0. The molecule has 0 radical (unpaired) electrons. The fourth-order valence-electron chi connectivity index (χ4n) is 3.58.